The van der Waals surface area contributed by atoms with E-state index in [-0.39, 0.29) is 5.91 Å². The van der Waals surface area contributed by atoms with Gasteiger partial charge in [0.15, 0.2) is 0 Å². The van der Waals surface area contributed by atoms with Crippen molar-refractivity contribution in [3.8, 4) is 10.6 Å². The number of nitrogens with zero attached hydrogens (tertiary/aromatic N) is 3. The number of hydrogen-bond acceptors (Lipinski definition) is 7. The summed E-state index contributed by atoms with van der Waals surface area (Å²) < 4.78 is 1.14. The average Bonchev–Trinajstić information content (AvgIpc) is 3.46. The molecule has 1 amide bonds. The molecule has 32 heavy (non-hydrogen) atoms. The van der Waals surface area contributed by atoms with Crippen molar-refractivity contribution in [2.24, 2.45) is 0 Å². The van der Waals surface area contributed by atoms with Crippen LogP contribution in [0.3, 0.4) is 0 Å². The SMILES string of the molecule is CC[C@H]1CC[C@H]2CB(CCC(=O)Nc3sc4c(c3-c3nc5cnccc5s3)CCNC4)N12. The van der Waals surface area contributed by atoms with E-state index in [9.17, 15) is 4.79 Å². The number of carbonyl (C=O) groups excluding carboxylic acids is 1. The third-order valence-corrected chi connectivity index (χ3v) is 9.60. The molecule has 2 fully saturated rings. The van der Waals surface area contributed by atoms with Crippen molar-refractivity contribution < 1.29 is 4.79 Å². The van der Waals surface area contributed by atoms with Crippen molar-refractivity contribution >= 4 is 50.6 Å². The van der Waals surface area contributed by atoms with E-state index in [0.29, 0.717) is 13.3 Å². The van der Waals surface area contributed by atoms with Crippen molar-refractivity contribution in [3.05, 3.63) is 28.9 Å². The van der Waals surface area contributed by atoms with Crippen molar-refractivity contribution in [2.45, 2.75) is 70.3 Å². The summed E-state index contributed by atoms with van der Waals surface area (Å²) in [6.07, 6.45) is 11.3. The van der Waals surface area contributed by atoms with Crippen LogP contribution in [-0.4, -0.2) is 46.2 Å². The predicted molar refractivity (Wildman–Crippen MR) is 134 cm³/mol. The summed E-state index contributed by atoms with van der Waals surface area (Å²) in [5.74, 6) is 0.135. The summed E-state index contributed by atoms with van der Waals surface area (Å²) in [4.78, 5) is 26.1. The van der Waals surface area contributed by atoms with Crippen LogP contribution in [-0.2, 0) is 17.8 Å². The van der Waals surface area contributed by atoms with Gasteiger partial charge < -0.3 is 15.4 Å². The highest BCUT2D eigenvalue weighted by atomic mass is 32.1. The van der Waals surface area contributed by atoms with E-state index in [2.05, 4.69) is 27.4 Å². The van der Waals surface area contributed by atoms with E-state index in [1.54, 1.807) is 22.7 Å². The fourth-order valence-electron chi connectivity index (χ4n) is 5.82. The molecule has 166 valence electrons. The normalized spacial score (nSPS) is 22.6. The molecule has 3 aliphatic rings. The number of amides is 1. The van der Waals surface area contributed by atoms with Crippen molar-refractivity contribution in [1.82, 2.24) is 20.1 Å². The van der Waals surface area contributed by atoms with Gasteiger partial charge in [-0.15, -0.1) is 22.7 Å². The van der Waals surface area contributed by atoms with Crippen LogP contribution in [0.5, 0.6) is 0 Å². The quantitative estimate of drug-likeness (QED) is 0.519. The number of anilines is 1. The van der Waals surface area contributed by atoms with E-state index in [1.807, 2.05) is 18.5 Å². The maximum atomic E-state index is 13.0. The van der Waals surface area contributed by atoms with Gasteiger partial charge in [0.05, 0.1) is 10.9 Å². The van der Waals surface area contributed by atoms with Crippen LogP contribution in [0.15, 0.2) is 18.5 Å². The van der Waals surface area contributed by atoms with E-state index >= 15 is 0 Å². The lowest BCUT2D eigenvalue weighted by molar-refractivity contribution is -0.115. The molecule has 0 spiro atoms. The highest BCUT2D eigenvalue weighted by Crippen LogP contribution is 2.45. The molecular formula is C23H28BN5OS2. The number of fused-ring (bicyclic) bond motifs is 3. The monoisotopic (exact) mass is 465 g/mol. The zero-order chi connectivity index (χ0) is 21.7. The Morgan fingerprint density at radius 1 is 1.38 bits per heavy atom. The molecule has 0 bridgehead atoms. The molecule has 0 aliphatic carbocycles. The Morgan fingerprint density at radius 2 is 2.31 bits per heavy atom. The molecule has 6 nitrogen and oxygen atoms in total. The molecule has 3 aliphatic heterocycles. The fraction of sp³-hybridized carbons (Fsp3) is 0.522. The van der Waals surface area contributed by atoms with Gasteiger partial charge in [-0.05, 0) is 62.3 Å². The Morgan fingerprint density at radius 3 is 3.19 bits per heavy atom. The number of carbonyl (C=O) groups is 1. The van der Waals surface area contributed by atoms with E-state index in [1.165, 1.54) is 36.0 Å². The van der Waals surface area contributed by atoms with E-state index < -0.39 is 0 Å². The Bertz CT molecular complexity index is 1130. The van der Waals surface area contributed by atoms with Crippen LogP contribution in [0.25, 0.3) is 20.8 Å². The Kier molecular flexibility index (Phi) is 5.53. The smallest absolute Gasteiger partial charge is 0.225 e. The summed E-state index contributed by atoms with van der Waals surface area (Å²) in [5.41, 5.74) is 3.41. The van der Waals surface area contributed by atoms with Crippen LogP contribution in [0.1, 0.15) is 43.0 Å². The molecular weight excluding hydrogens is 437 g/mol. The van der Waals surface area contributed by atoms with Crippen LogP contribution in [0, 0.1) is 0 Å². The molecule has 2 saturated heterocycles. The van der Waals surface area contributed by atoms with Crippen molar-refractivity contribution in [2.75, 3.05) is 11.9 Å². The zero-order valence-corrected chi connectivity index (χ0v) is 20.0. The second-order valence-corrected chi connectivity index (χ2v) is 11.3. The van der Waals surface area contributed by atoms with Gasteiger partial charge in [-0.1, -0.05) is 13.2 Å². The summed E-state index contributed by atoms with van der Waals surface area (Å²) in [7, 11) is 0. The Hall–Kier alpha value is -1.81. The zero-order valence-electron chi connectivity index (χ0n) is 18.4. The molecule has 0 radical (unpaired) electrons. The molecule has 3 aromatic heterocycles. The van der Waals surface area contributed by atoms with Crippen molar-refractivity contribution in [1.29, 1.82) is 0 Å². The summed E-state index contributed by atoms with van der Waals surface area (Å²) >= 11 is 3.41. The number of thiophene rings is 1. The second kappa shape index (κ2) is 8.52. The summed E-state index contributed by atoms with van der Waals surface area (Å²) in [6.45, 7) is 4.72. The third-order valence-electron chi connectivity index (χ3n) is 7.40. The minimum Gasteiger partial charge on any atom is -0.337 e. The first-order valence-corrected chi connectivity index (χ1v) is 13.5. The van der Waals surface area contributed by atoms with Crippen LogP contribution in [0.2, 0.25) is 12.6 Å². The molecule has 6 rings (SSSR count). The van der Waals surface area contributed by atoms with Gasteiger partial charge >= 0.3 is 0 Å². The van der Waals surface area contributed by atoms with E-state index in [0.717, 1.165) is 63.7 Å². The number of pyridine rings is 1. The van der Waals surface area contributed by atoms with Gasteiger partial charge in [0.2, 0.25) is 12.8 Å². The standard InChI is InChI=1S/C23H28BN5OS2/c1-2-14-3-4-15-11-24(29(14)15)8-5-20(30)28-23-21(16-6-9-26-13-19(16)32-23)22-27-17-12-25-10-7-18(17)31-22/h7,10,12,14-15,26H,2-6,8-9,11,13H2,1H3,(H,28,30)/t14-,15-/m0/s1. The largest absolute Gasteiger partial charge is 0.337 e. The van der Waals surface area contributed by atoms with E-state index in [4.69, 9.17) is 4.98 Å². The van der Waals surface area contributed by atoms with Gasteiger partial charge in [-0.3, -0.25) is 9.78 Å². The lowest BCUT2D eigenvalue weighted by Gasteiger charge is -2.45. The van der Waals surface area contributed by atoms with Gasteiger partial charge in [-0.25, -0.2) is 4.98 Å². The van der Waals surface area contributed by atoms with Gasteiger partial charge in [-0.2, -0.15) is 0 Å². The molecule has 3 aromatic rings. The van der Waals surface area contributed by atoms with Gasteiger partial charge in [0, 0.05) is 29.6 Å². The lowest BCUT2D eigenvalue weighted by atomic mass is 9.44. The third kappa shape index (κ3) is 3.59. The first-order valence-electron chi connectivity index (χ1n) is 11.8. The first kappa shape index (κ1) is 20.8. The average molecular weight is 465 g/mol. The van der Waals surface area contributed by atoms with Crippen LogP contribution >= 0.6 is 22.7 Å². The lowest BCUT2D eigenvalue weighted by Crippen LogP contribution is -2.58. The molecule has 0 unspecified atom stereocenters. The first-order chi connectivity index (χ1) is 15.7. The summed E-state index contributed by atoms with van der Waals surface area (Å²) in [6, 6.07) is 3.53. The maximum Gasteiger partial charge on any atom is 0.225 e. The fourth-order valence-corrected chi connectivity index (χ4v) is 8.13. The number of nitrogens with one attached hydrogen (secondary N) is 2. The molecule has 9 heteroatoms. The molecule has 0 aromatic carbocycles. The number of hydrogen-bond donors (Lipinski definition) is 2. The minimum absolute atomic E-state index is 0.135. The van der Waals surface area contributed by atoms with Gasteiger partial charge in [0.25, 0.3) is 0 Å². The highest BCUT2D eigenvalue weighted by molar-refractivity contribution is 7.22. The van der Waals surface area contributed by atoms with Crippen molar-refractivity contribution in [3.63, 3.8) is 0 Å². The molecule has 0 saturated carbocycles. The Labute approximate surface area is 196 Å². The maximum absolute atomic E-state index is 13.0. The molecule has 2 N–H and O–H groups in total. The van der Waals surface area contributed by atoms with Gasteiger partial charge in [0.1, 0.15) is 15.5 Å². The Balaban J connectivity index is 1.21. The summed E-state index contributed by atoms with van der Waals surface area (Å²) in [5, 5.41) is 8.71. The van der Waals surface area contributed by atoms with Crippen LogP contribution in [0.4, 0.5) is 5.00 Å². The predicted octanol–water partition coefficient (Wildman–Crippen LogP) is 4.64. The number of aromatic nitrogens is 2. The minimum atomic E-state index is 0.135. The molecule has 6 heterocycles. The topological polar surface area (TPSA) is 70.1 Å². The second-order valence-electron chi connectivity index (χ2n) is 9.21. The number of rotatable bonds is 6. The number of thiazole rings is 1. The highest BCUT2D eigenvalue weighted by Gasteiger charge is 2.47. The molecule has 2 atom stereocenters. The van der Waals surface area contributed by atoms with Crippen LogP contribution < -0.4 is 10.6 Å².